The van der Waals surface area contributed by atoms with Crippen LogP contribution in [-0.2, 0) is 14.6 Å². The molecule has 1 amide bonds. The standard InChI is InChI=1S/C14H19FN2O3S/c1-3-16-7-4-8-17(10-14(16)18)13-6-5-11(9-12(13)15)21(2,19)20/h5-6,9H,3-4,7-8,10H2,1-2H3. The quantitative estimate of drug-likeness (QED) is 0.843. The molecule has 1 aromatic rings. The Labute approximate surface area is 124 Å². The van der Waals surface area contributed by atoms with E-state index in [1.54, 1.807) is 9.80 Å². The first kappa shape index (κ1) is 15.8. The number of hydrogen-bond donors (Lipinski definition) is 0. The zero-order chi connectivity index (χ0) is 15.6. The van der Waals surface area contributed by atoms with Gasteiger partial charge in [0.2, 0.25) is 5.91 Å². The summed E-state index contributed by atoms with van der Waals surface area (Å²) in [6.45, 7) is 3.90. The zero-order valence-corrected chi connectivity index (χ0v) is 13.0. The summed E-state index contributed by atoms with van der Waals surface area (Å²) in [6.07, 6.45) is 1.79. The summed E-state index contributed by atoms with van der Waals surface area (Å²) in [7, 11) is -3.44. The number of hydrogen-bond acceptors (Lipinski definition) is 4. The highest BCUT2D eigenvalue weighted by atomic mass is 32.2. The predicted molar refractivity (Wildman–Crippen MR) is 78.6 cm³/mol. The normalized spacial score (nSPS) is 17.0. The molecule has 0 radical (unpaired) electrons. The Morgan fingerprint density at radius 2 is 2.00 bits per heavy atom. The first-order valence-corrected chi connectivity index (χ1v) is 8.74. The van der Waals surface area contributed by atoms with E-state index in [0.29, 0.717) is 19.6 Å². The van der Waals surface area contributed by atoms with E-state index in [2.05, 4.69) is 0 Å². The molecule has 2 rings (SSSR count). The van der Waals surface area contributed by atoms with Gasteiger partial charge < -0.3 is 9.80 Å². The minimum atomic E-state index is -3.44. The minimum Gasteiger partial charge on any atom is -0.360 e. The van der Waals surface area contributed by atoms with Crippen LogP contribution in [0, 0.1) is 5.82 Å². The third-order valence-corrected chi connectivity index (χ3v) is 4.71. The van der Waals surface area contributed by atoms with Crippen molar-refractivity contribution in [2.45, 2.75) is 18.2 Å². The van der Waals surface area contributed by atoms with Gasteiger partial charge >= 0.3 is 0 Å². The first-order valence-electron chi connectivity index (χ1n) is 6.85. The van der Waals surface area contributed by atoms with Gasteiger partial charge in [0.15, 0.2) is 9.84 Å². The van der Waals surface area contributed by atoms with Crippen molar-refractivity contribution in [2.24, 2.45) is 0 Å². The van der Waals surface area contributed by atoms with Gasteiger partial charge in [-0.15, -0.1) is 0 Å². The second-order valence-corrected chi connectivity index (χ2v) is 7.15. The topological polar surface area (TPSA) is 57.7 Å². The lowest BCUT2D eigenvalue weighted by Crippen LogP contribution is -2.36. The number of carbonyl (C=O) groups is 1. The van der Waals surface area contributed by atoms with Gasteiger partial charge in [-0.1, -0.05) is 0 Å². The van der Waals surface area contributed by atoms with Crippen molar-refractivity contribution in [3.63, 3.8) is 0 Å². The minimum absolute atomic E-state index is 0.0402. The van der Waals surface area contributed by atoms with Crippen molar-refractivity contribution in [1.29, 1.82) is 0 Å². The third kappa shape index (κ3) is 3.53. The summed E-state index contributed by atoms with van der Waals surface area (Å²) in [6, 6.07) is 3.82. The Kier molecular flexibility index (Phi) is 4.51. The molecule has 7 heteroatoms. The summed E-state index contributed by atoms with van der Waals surface area (Å²) >= 11 is 0. The Bertz CT molecular complexity index is 646. The molecular weight excluding hydrogens is 295 g/mol. The Hall–Kier alpha value is -1.63. The molecule has 0 aromatic heterocycles. The largest absolute Gasteiger partial charge is 0.360 e. The number of nitrogens with zero attached hydrogens (tertiary/aromatic N) is 2. The fourth-order valence-corrected chi connectivity index (χ4v) is 3.07. The molecule has 1 heterocycles. The lowest BCUT2D eigenvalue weighted by molar-refractivity contribution is -0.129. The van der Waals surface area contributed by atoms with Crippen LogP contribution in [0.2, 0.25) is 0 Å². The van der Waals surface area contributed by atoms with Crippen LogP contribution in [-0.4, -0.2) is 51.7 Å². The predicted octanol–water partition coefficient (Wildman–Crippen LogP) is 1.29. The van der Waals surface area contributed by atoms with Crippen LogP contribution >= 0.6 is 0 Å². The highest BCUT2D eigenvalue weighted by Gasteiger charge is 2.23. The molecule has 1 aliphatic heterocycles. The maximum Gasteiger partial charge on any atom is 0.242 e. The molecule has 0 unspecified atom stereocenters. The maximum atomic E-state index is 14.2. The summed E-state index contributed by atoms with van der Waals surface area (Å²) in [4.78, 5) is 15.4. The summed E-state index contributed by atoms with van der Waals surface area (Å²) in [5, 5.41) is 0. The SMILES string of the molecule is CCN1CCCN(c2ccc(S(C)(=O)=O)cc2F)CC1=O. The number of carbonyl (C=O) groups excluding carboxylic acids is 1. The van der Waals surface area contributed by atoms with E-state index in [4.69, 9.17) is 0 Å². The van der Waals surface area contributed by atoms with Crippen LogP contribution in [0.25, 0.3) is 0 Å². The highest BCUT2D eigenvalue weighted by Crippen LogP contribution is 2.24. The molecule has 0 atom stereocenters. The smallest absolute Gasteiger partial charge is 0.242 e. The average Bonchev–Trinajstić information content (AvgIpc) is 2.59. The molecule has 1 aromatic carbocycles. The number of rotatable bonds is 3. The third-order valence-electron chi connectivity index (χ3n) is 3.60. The van der Waals surface area contributed by atoms with Crippen molar-refractivity contribution in [1.82, 2.24) is 4.90 Å². The van der Waals surface area contributed by atoms with Gasteiger partial charge in [0.05, 0.1) is 17.1 Å². The Balaban J connectivity index is 2.28. The molecule has 116 valence electrons. The number of anilines is 1. The molecule has 0 N–H and O–H groups in total. The number of halogens is 1. The van der Waals surface area contributed by atoms with Crippen molar-refractivity contribution >= 4 is 21.4 Å². The van der Waals surface area contributed by atoms with E-state index in [1.807, 2.05) is 6.92 Å². The summed E-state index contributed by atoms with van der Waals surface area (Å²) < 4.78 is 37.0. The van der Waals surface area contributed by atoms with Crippen LogP contribution in [0.4, 0.5) is 10.1 Å². The van der Waals surface area contributed by atoms with Crippen molar-refractivity contribution in [3.05, 3.63) is 24.0 Å². The van der Waals surface area contributed by atoms with Gasteiger partial charge in [-0.3, -0.25) is 4.79 Å². The average molecular weight is 314 g/mol. The number of amides is 1. The Morgan fingerprint density at radius 3 is 2.57 bits per heavy atom. The summed E-state index contributed by atoms with van der Waals surface area (Å²) in [5.41, 5.74) is 0.272. The van der Waals surface area contributed by atoms with E-state index in [9.17, 15) is 17.6 Å². The van der Waals surface area contributed by atoms with Crippen LogP contribution in [0.15, 0.2) is 23.1 Å². The van der Waals surface area contributed by atoms with Crippen molar-refractivity contribution in [2.75, 3.05) is 37.3 Å². The fraction of sp³-hybridized carbons (Fsp3) is 0.500. The molecule has 5 nitrogen and oxygen atoms in total. The molecule has 1 saturated heterocycles. The van der Waals surface area contributed by atoms with Gasteiger partial charge in [0.25, 0.3) is 0 Å². The van der Waals surface area contributed by atoms with Crippen LogP contribution in [0.3, 0.4) is 0 Å². The monoisotopic (exact) mass is 314 g/mol. The van der Waals surface area contributed by atoms with Gasteiger partial charge in [0, 0.05) is 25.9 Å². The van der Waals surface area contributed by atoms with Gasteiger partial charge in [-0.05, 0) is 31.5 Å². The second-order valence-electron chi connectivity index (χ2n) is 5.13. The van der Waals surface area contributed by atoms with E-state index >= 15 is 0 Å². The zero-order valence-electron chi connectivity index (χ0n) is 12.2. The van der Waals surface area contributed by atoms with Crippen molar-refractivity contribution < 1.29 is 17.6 Å². The van der Waals surface area contributed by atoms with Crippen LogP contribution < -0.4 is 4.90 Å². The first-order chi connectivity index (χ1) is 9.82. The van der Waals surface area contributed by atoms with Crippen molar-refractivity contribution in [3.8, 4) is 0 Å². The summed E-state index contributed by atoms with van der Waals surface area (Å²) in [5.74, 6) is -0.655. The molecular formula is C14H19FN2O3S. The fourth-order valence-electron chi connectivity index (χ4n) is 2.43. The number of sulfone groups is 1. The molecule has 0 spiro atoms. The van der Waals surface area contributed by atoms with Gasteiger partial charge in [-0.2, -0.15) is 0 Å². The lowest BCUT2D eigenvalue weighted by Gasteiger charge is -2.23. The molecule has 1 aliphatic rings. The van der Waals surface area contributed by atoms with Gasteiger partial charge in [-0.25, -0.2) is 12.8 Å². The molecule has 21 heavy (non-hydrogen) atoms. The van der Waals surface area contributed by atoms with Crippen LogP contribution in [0.5, 0.6) is 0 Å². The van der Waals surface area contributed by atoms with Crippen LogP contribution in [0.1, 0.15) is 13.3 Å². The Morgan fingerprint density at radius 1 is 1.29 bits per heavy atom. The lowest BCUT2D eigenvalue weighted by atomic mass is 10.2. The highest BCUT2D eigenvalue weighted by molar-refractivity contribution is 7.90. The van der Waals surface area contributed by atoms with Gasteiger partial charge in [0.1, 0.15) is 5.82 Å². The molecule has 0 aliphatic carbocycles. The number of benzene rings is 1. The van der Waals surface area contributed by atoms with E-state index < -0.39 is 15.7 Å². The second kappa shape index (κ2) is 6.01. The molecule has 0 bridgehead atoms. The number of likely N-dealkylation sites (N-methyl/N-ethyl adjacent to an activating group) is 1. The maximum absolute atomic E-state index is 14.2. The van der Waals surface area contributed by atoms with E-state index in [-0.39, 0.29) is 23.0 Å². The molecule has 0 saturated carbocycles. The van der Waals surface area contributed by atoms with E-state index in [1.165, 1.54) is 12.1 Å². The van der Waals surface area contributed by atoms with E-state index in [0.717, 1.165) is 18.7 Å². The molecule has 1 fully saturated rings.